The van der Waals surface area contributed by atoms with Crippen LogP contribution in [0.2, 0.25) is 0 Å². The van der Waals surface area contributed by atoms with E-state index in [1.165, 1.54) is 0 Å². The quantitative estimate of drug-likeness (QED) is 0.818. The number of aryl methyl sites for hydroxylation is 1. The van der Waals surface area contributed by atoms with Gasteiger partial charge in [-0.15, -0.1) is 0 Å². The molecule has 4 nitrogen and oxygen atoms in total. The molecule has 1 heterocycles. The Labute approximate surface area is 93.8 Å². The van der Waals surface area contributed by atoms with Crippen molar-refractivity contribution in [2.45, 2.75) is 17.6 Å². The minimum absolute atomic E-state index is 0.131. The van der Waals surface area contributed by atoms with E-state index in [2.05, 4.69) is 5.16 Å². The molecule has 0 saturated heterocycles. The van der Waals surface area contributed by atoms with Crippen LogP contribution in [0, 0.1) is 6.92 Å². The largest absolute Gasteiger partial charge is 0.361 e. The summed E-state index contributed by atoms with van der Waals surface area (Å²) < 4.78 is 28.7. The summed E-state index contributed by atoms with van der Waals surface area (Å²) in [6, 6.07) is 9.94. The molecule has 0 saturated carbocycles. The molecule has 0 unspecified atom stereocenters. The lowest BCUT2D eigenvalue weighted by Crippen LogP contribution is -2.04. The molecule has 5 heteroatoms. The van der Waals surface area contributed by atoms with Crippen molar-refractivity contribution in [1.82, 2.24) is 5.16 Å². The maximum absolute atomic E-state index is 11.9. The molecule has 1 aromatic carbocycles. The smallest absolute Gasteiger partial charge is 0.184 e. The van der Waals surface area contributed by atoms with Crippen molar-refractivity contribution in [3.63, 3.8) is 0 Å². The standard InChI is InChI=1S/C11H11NO3S/c1-9-7-10(12-15-9)8-16(13,14)11-5-3-2-4-6-11/h2-7H,8H2,1H3. The fraction of sp³-hybridized carbons (Fsp3) is 0.182. The number of hydrogen-bond donors (Lipinski definition) is 0. The second-order valence-corrected chi connectivity index (χ2v) is 5.49. The Hall–Kier alpha value is -1.62. The van der Waals surface area contributed by atoms with Crippen molar-refractivity contribution in [3.8, 4) is 0 Å². The van der Waals surface area contributed by atoms with Crippen LogP contribution >= 0.6 is 0 Å². The Balaban J connectivity index is 2.28. The zero-order valence-electron chi connectivity index (χ0n) is 8.75. The predicted molar refractivity (Wildman–Crippen MR) is 58.6 cm³/mol. The second-order valence-electron chi connectivity index (χ2n) is 3.50. The van der Waals surface area contributed by atoms with Gasteiger partial charge >= 0.3 is 0 Å². The highest BCUT2D eigenvalue weighted by molar-refractivity contribution is 7.90. The summed E-state index contributed by atoms with van der Waals surface area (Å²) in [6.45, 7) is 1.73. The monoisotopic (exact) mass is 237 g/mol. The first-order chi connectivity index (χ1) is 7.58. The molecule has 0 N–H and O–H groups in total. The highest BCUT2D eigenvalue weighted by atomic mass is 32.2. The SMILES string of the molecule is Cc1cc(CS(=O)(=O)c2ccccc2)no1. The maximum Gasteiger partial charge on any atom is 0.184 e. The molecule has 0 amide bonds. The molecule has 0 spiro atoms. The Morgan fingerprint density at radius 3 is 2.50 bits per heavy atom. The summed E-state index contributed by atoms with van der Waals surface area (Å²) in [6.07, 6.45) is 0. The second kappa shape index (κ2) is 4.09. The predicted octanol–water partition coefficient (Wildman–Crippen LogP) is 1.96. The van der Waals surface area contributed by atoms with Crippen LogP contribution < -0.4 is 0 Å². The van der Waals surface area contributed by atoms with Gasteiger partial charge in [0.25, 0.3) is 0 Å². The minimum Gasteiger partial charge on any atom is -0.361 e. The van der Waals surface area contributed by atoms with Crippen LogP contribution in [0.25, 0.3) is 0 Å². The lowest BCUT2D eigenvalue weighted by atomic mass is 10.4. The highest BCUT2D eigenvalue weighted by Gasteiger charge is 2.16. The third kappa shape index (κ3) is 2.30. The molecule has 2 rings (SSSR count). The number of sulfone groups is 1. The highest BCUT2D eigenvalue weighted by Crippen LogP contribution is 2.15. The van der Waals surface area contributed by atoms with E-state index in [0.29, 0.717) is 16.3 Å². The van der Waals surface area contributed by atoms with Gasteiger partial charge in [-0.2, -0.15) is 0 Å². The first-order valence-corrected chi connectivity index (χ1v) is 6.43. The number of nitrogens with zero attached hydrogens (tertiary/aromatic N) is 1. The molecule has 0 radical (unpaired) electrons. The van der Waals surface area contributed by atoms with Gasteiger partial charge in [0.15, 0.2) is 9.84 Å². The van der Waals surface area contributed by atoms with Crippen LogP contribution in [-0.2, 0) is 15.6 Å². The summed E-state index contributed by atoms with van der Waals surface area (Å²) in [7, 11) is -3.32. The van der Waals surface area contributed by atoms with Crippen LogP contribution in [0.15, 0.2) is 45.8 Å². The lowest BCUT2D eigenvalue weighted by Gasteiger charge is -2.00. The van der Waals surface area contributed by atoms with Crippen LogP contribution in [0.3, 0.4) is 0 Å². The van der Waals surface area contributed by atoms with Gasteiger partial charge in [-0.1, -0.05) is 23.4 Å². The summed E-state index contributed by atoms with van der Waals surface area (Å²) in [5.41, 5.74) is 0.432. The molecule has 0 aliphatic carbocycles. The lowest BCUT2D eigenvalue weighted by molar-refractivity contribution is 0.392. The topological polar surface area (TPSA) is 60.2 Å². The summed E-state index contributed by atoms with van der Waals surface area (Å²) >= 11 is 0. The Morgan fingerprint density at radius 2 is 1.94 bits per heavy atom. The van der Waals surface area contributed by atoms with Gasteiger partial charge in [-0.25, -0.2) is 8.42 Å². The minimum atomic E-state index is -3.32. The number of rotatable bonds is 3. The van der Waals surface area contributed by atoms with Crippen LogP contribution in [-0.4, -0.2) is 13.6 Å². The molecule has 0 bridgehead atoms. The number of hydrogen-bond acceptors (Lipinski definition) is 4. The molecule has 0 aliphatic heterocycles. The normalized spacial score (nSPS) is 11.6. The van der Waals surface area contributed by atoms with E-state index < -0.39 is 9.84 Å². The Bertz CT molecular complexity index is 572. The molecular formula is C11H11NO3S. The van der Waals surface area contributed by atoms with E-state index in [4.69, 9.17) is 4.52 Å². The Morgan fingerprint density at radius 1 is 1.25 bits per heavy atom. The molecule has 1 aromatic heterocycles. The fourth-order valence-corrected chi connectivity index (χ4v) is 2.66. The molecule has 0 atom stereocenters. The fourth-order valence-electron chi connectivity index (χ4n) is 1.39. The molecule has 0 aliphatic rings. The van der Waals surface area contributed by atoms with Crippen molar-refractivity contribution in [1.29, 1.82) is 0 Å². The first-order valence-electron chi connectivity index (χ1n) is 4.78. The molecule has 0 fully saturated rings. The molecule has 84 valence electrons. The van der Waals surface area contributed by atoms with Crippen molar-refractivity contribution >= 4 is 9.84 Å². The molecular weight excluding hydrogens is 226 g/mol. The van der Waals surface area contributed by atoms with E-state index in [9.17, 15) is 8.42 Å². The van der Waals surface area contributed by atoms with Gasteiger partial charge in [0, 0.05) is 6.07 Å². The average Bonchev–Trinajstić information content (AvgIpc) is 2.64. The third-order valence-electron chi connectivity index (χ3n) is 2.12. The van der Waals surface area contributed by atoms with Crippen molar-refractivity contribution in [2.75, 3.05) is 0 Å². The van der Waals surface area contributed by atoms with E-state index in [0.717, 1.165) is 0 Å². The van der Waals surface area contributed by atoms with Gasteiger partial charge in [-0.05, 0) is 19.1 Å². The van der Waals surface area contributed by atoms with E-state index >= 15 is 0 Å². The van der Waals surface area contributed by atoms with E-state index in [-0.39, 0.29) is 5.75 Å². The van der Waals surface area contributed by atoms with Gasteiger partial charge in [-0.3, -0.25) is 0 Å². The van der Waals surface area contributed by atoms with Crippen molar-refractivity contribution < 1.29 is 12.9 Å². The van der Waals surface area contributed by atoms with Crippen molar-refractivity contribution in [3.05, 3.63) is 47.9 Å². The Kier molecular flexibility index (Phi) is 2.78. The zero-order chi connectivity index (χ0) is 11.6. The summed E-state index contributed by atoms with van der Waals surface area (Å²) in [4.78, 5) is 0.302. The summed E-state index contributed by atoms with van der Waals surface area (Å²) in [5.74, 6) is 0.479. The maximum atomic E-state index is 11.9. The number of aromatic nitrogens is 1. The van der Waals surface area contributed by atoms with Crippen LogP contribution in [0.4, 0.5) is 0 Å². The molecule has 16 heavy (non-hydrogen) atoms. The van der Waals surface area contributed by atoms with Crippen LogP contribution in [0.1, 0.15) is 11.5 Å². The third-order valence-corrected chi connectivity index (χ3v) is 3.78. The first kappa shape index (κ1) is 10.9. The van der Waals surface area contributed by atoms with E-state index in [1.807, 2.05) is 0 Å². The van der Waals surface area contributed by atoms with Crippen LogP contribution in [0.5, 0.6) is 0 Å². The summed E-state index contributed by atoms with van der Waals surface area (Å²) in [5, 5.41) is 3.67. The van der Waals surface area contributed by atoms with E-state index in [1.54, 1.807) is 43.3 Å². The van der Waals surface area contributed by atoms with Gasteiger partial charge in [0.05, 0.1) is 10.6 Å². The van der Waals surface area contributed by atoms with Gasteiger partial charge in [0.2, 0.25) is 0 Å². The number of benzene rings is 1. The zero-order valence-corrected chi connectivity index (χ0v) is 9.57. The van der Waals surface area contributed by atoms with Gasteiger partial charge < -0.3 is 4.52 Å². The average molecular weight is 237 g/mol. The van der Waals surface area contributed by atoms with Crippen molar-refractivity contribution in [2.24, 2.45) is 0 Å². The molecule has 2 aromatic rings. The van der Waals surface area contributed by atoms with Gasteiger partial charge in [0.1, 0.15) is 11.5 Å².